The van der Waals surface area contributed by atoms with Crippen molar-refractivity contribution in [2.24, 2.45) is 10.4 Å². The largest absolute Gasteiger partial charge is 0.396 e. The van der Waals surface area contributed by atoms with Crippen LogP contribution in [0.3, 0.4) is 0 Å². The Labute approximate surface area is 183 Å². The second-order valence-corrected chi connectivity index (χ2v) is 7.33. The Bertz CT molecular complexity index is 677. The number of nitrogens with zero attached hydrogens (tertiary/aromatic N) is 2. The van der Waals surface area contributed by atoms with Crippen LogP contribution in [0.15, 0.2) is 29.3 Å². The number of carbonyl (C=O) groups is 1. The summed E-state index contributed by atoms with van der Waals surface area (Å²) in [6, 6.07) is 8.10. The average molecular weight is 502 g/mol. The second kappa shape index (κ2) is 11.0. The molecule has 2 aliphatic rings. The molecule has 1 atom stereocenters. The van der Waals surface area contributed by atoms with E-state index in [2.05, 4.69) is 21.7 Å². The van der Waals surface area contributed by atoms with Gasteiger partial charge in [-0.2, -0.15) is 0 Å². The summed E-state index contributed by atoms with van der Waals surface area (Å²) in [4.78, 5) is 18.8. The summed E-state index contributed by atoms with van der Waals surface area (Å²) in [5, 5.41) is 15.8. The number of carbonyl (C=O) groups excluding carboxylic acids is 1. The maximum atomic E-state index is 12.7. The van der Waals surface area contributed by atoms with Gasteiger partial charge in [-0.1, -0.05) is 18.2 Å². The van der Waals surface area contributed by atoms with Gasteiger partial charge in [0.25, 0.3) is 0 Å². The van der Waals surface area contributed by atoms with Gasteiger partial charge in [-0.05, 0) is 37.3 Å². The van der Waals surface area contributed by atoms with Crippen LogP contribution < -0.4 is 15.5 Å². The molecule has 2 heterocycles. The number of anilines is 1. The fourth-order valence-corrected chi connectivity index (χ4v) is 3.85. The predicted molar refractivity (Wildman–Crippen MR) is 121 cm³/mol. The first-order chi connectivity index (χ1) is 13.2. The quantitative estimate of drug-likeness (QED) is 0.312. The number of aliphatic imine (C=N–C) groups is 1. The lowest BCUT2D eigenvalue weighted by atomic mass is 9.84. The van der Waals surface area contributed by atoms with Crippen molar-refractivity contribution in [3.8, 4) is 0 Å². The third-order valence-electron chi connectivity index (χ3n) is 5.50. The Morgan fingerprint density at radius 2 is 2.18 bits per heavy atom. The van der Waals surface area contributed by atoms with Gasteiger partial charge in [0.15, 0.2) is 5.96 Å². The lowest BCUT2D eigenvalue weighted by Gasteiger charge is -2.30. The number of aliphatic hydroxyl groups is 1. The molecule has 3 rings (SSSR count). The monoisotopic (exact) mass is 502 g/mol. The molecule has 1 unspecified atom stereocenters. The van der Waals surface area contributed by atoms with Gasteiger partial charge in [-0.3, -0.25) is 9.79 Å². The molecule has 8 heteroatoms. The minimum Gasteiger partial charge on any atom is -0.396 e. The number of para-hydroxylation sites is 1. The molecule has 1 aromatic carbocycles. The predicted octanol–water partition coefficient (Wildman–Crippen LogP) is 1.54. The van der Waals surface area contributed by atoms with Gasteiger partial charge in [-0.25, -0.2) is 0 Å². The minimum absolute atomic E-state index is 0. The van der Waals surface area contributed by atoms with Gasteiger partial charge in [0.1, 0.15) is 0 Å². The van der Waals surface area contributed by atoms with E-state index in [0.29, 0.717) is 25.5 Å². The summed E-state index contributed by atoms with van der Waals surface area (Å²) in [6.07, 6.45) is 3.62. The number of nitrogens with one attached hydrogen (secondary N) is 2. The van der Waals surface area contributed by atoms with Crippen molar-refractivity contribution in [3.05, 3.63) is 29.8 Å². The van der Waals surface area contributed by atoms with Crippen molar-refractivity contribution in [2.45, 2.75) is 25.7 Å². The van der Waals surface area contributed by atoms with Crippen LogP contribution in [0.5, 0.6) is 0 Å². The topological polar surface area (TPSA) is 86.2 Å². The van der Waals surface area contributed by atoms with Crippen molar-refractivity contribution < 1.29 is 14.6 Å². The van der Waals surface area contributed by atoms with E-state index in [1.807, 2.05) is 23.1 Å². The number of hydrogen-bond donors (Lipinski definition) is 3. The summed E-state index contributed by atoms with van der Waals surface area (Å²) in [7, 11) is 1.69. The molecular formula is C20H31IN4O3. The number of halogens is 1. The highest BCUT2D eigenvalue weighted by Gasteiger charge is 2.34. The van der Waals surface area contributed by atoms with Crippen LogP contribution >= 0.6 is 24.0 Å². The van der Waals surface area contributed by atoms with Crippen molar-refractivity contribution >= 4 is 41.5 Å². The third-order valence-corrected chi connectivity index (χ3v) is 5.50. The van der Waals surface area contributed by atoms with E-state index in [1.54, 1.807) is 7.05 Å². The summed E-state index contributed by atoms with van der Waals surface area (Å²) in [5.74, 6) is 0.636. The Kier molecular flexibility index (Phi) is 8.97. The zero-order valence-electron chi connectivity index (χ0n) is 16.4. The highest BCUT2D eigenvalue weighted by molar-refractivity contribution is 14.0. The van der Waals surface area contributed by atoms with Gasteiger partial charge in [0.2, 0.25) is 5.91 Å². The first-order valence-electron chi connectivity index (χ1n) is 9.69. The fourth-order valence-electron chi connectivity index (χ4n) is 3.85. The molecule has 2 aliphatic heterocycles. The van der Waals surface area contributed by atoms with Gasteiger partial charge < -0.3 is 25.4 Å². The third kappa shape index (κ3) is 5.57. The number of guanidine groups is 1. The van der Waals surface area contributed by atoms with Crippen LogP contribution in [0.1, 0.15) is 24.8 Å². The molecule has 156 valence electrons. The SMILES string of the molecule is CN=C(NCC(=O)N1CCCc2ccccc21)NCC1(CCO)CCOC1.I. The molecule has 1 saturated heterocycles. The zero-order chi connectivity index (χ0) is 19.1. The summed E-state index contributed by atoms with van der Waals surface area (Å²) >= 11 is 0. The molecule has 1 fully saturated rings. The normalized spacial score (nSPS) is 21.6. The number of amides is 1. The summed E-state index contributed by atoms with van der Waals surface area (Å²) in [5.41, 5.74) is 2.18. The summed E-state index contributed by atoms with van der Waals surface area (Å²) in [6.45, 7) is 3.11. The Hall–Kier alpha value is -1.39. The van der Waals surface area contributed by atoms with Crippen molar-refractivity contribution in [1.82, 2.24) is 10.6 Å². The maximum Gasteiger partial charge on any atom is 0.246 e. The van der Waals surface area contributed by atoms with Gasteiger partial charge in [0.05, 0.1) is 13.2 Å². The Morgan fingerprint density at radius 3 is 2.89 bits per heavy atom. The van der Waals surface area contributed by atoms with Gasteiger partial charge in [-0.15, -0.1) is 24.0 Å². The van der Waals surface area contributed by atoms with E-state index in [4.69, 9.17) is 4.74 Å². The van der Waals surface area contributed by atoms with Crippen LogP contribution in [0.2, 0.25) is 0 Å². The number of rotatable bonds is 6. The first kappa shape index (κ1) is 22.9. The van der Waals surface area contributed by atoms with Crippen LogP contribution in [-0.4, -0.2) is 63.5 Å². The Balaban J connectivity index is 0.00000280. The zero-order valence-corrected chi connectivity index (χ0v) is 18.8. The average Bonchev–Trinajstić information content (AvgIpc) is 3.16. The highest BCUT2D eigenvalue weighted by Crippen LogP contribution is 2.31. The van der Waals surface area contributed by atoms with Gasteiger partial charge in [0, 0.05) is 44.5 Å². The van der Waals surface area contributed by atoms with Crippen LogP contribution in [0.25, 0.3) is 0 Å². The number of fused-ring (bicyclic) bond motifs is 1. The molecule has 1 aromatic rings. The molecule has 0 saturated carbocycles. The lowest BCUT2D eigenvalue weighted by molar-refractivity contribution is -0.117. The van der Waals surface area contributed by atoms with Crippen molar-refractivity contribution in [1.29, 1.82) is 0 Å². The smallest absolute Gasteiger partial charge is 0.246 e. The van der Waals surface area contributed by atoms with E-state index in [1.165, 1.54) is 5.56 Å². The van der Waals surface area contributed by atoms with Crippen LogP contribution in [0, 0.1) is 5.41 Å². The van der Waals surface area contributed by atoms with Crippen molar-refractivity contribution in [3.63, 3.8) is 0 Å². The molecule has 28 heavy (non-hydrogen) atoms. The number of hydrogen-bond acceptors (Lipinski definition) is 4. The fraction of sp³-hybridized carbons (Fsp3) is 0.600. The second-order valence-electron chi connectivity index (χ2n) is 7.33. The van der Waals surface area contributed by atoms with Crippen LogP contribution in [0.4, 0.5) is 5.69 Å². The maximum absolute atomic E-state index is 12.7. The minimum atomic E-state index is -0.0673. The molecule has 1 amide bonds. The molecular weight excluding hydrogens is 471 g/mol. The summed E-state index contributed by atoms with van der Waals surface area (Å²) < 4.78 is 5.52. The standard InChI is InChI=1S/C20H30N4O3.HI/c1-21-19(23-14-20(8-11-25)9-12-27-15-20)22-13-18(26)24-10-4-6-16-5-2-3-7-17(16)24;/h2-3,5,7,25H,4,6,8-15H2,1H3,(H2,21,22,23);1H. The van der Waals surface area contributed by atoms with E-state index in [-0.39, 0.29) is 48.5 Å². The molecule has 0 spiro atoms. The molecule has 0 radical (unpaired) electrons. The van der Waals surface area contributed by atoms with Crippen molar-refractivity contribution in [2.75, 3.05) is 51.4 Å². The highest BCUT2D eigenvalue weighted by atomic mass is 127. The number of aliphatic hydroxyl groups excluding tert-OH is 1. The van der Waals surface area contributed by atoms with E-state index < -0.39 is 0 Å². The van der Waals surface area contributed by atoms with E-state index in [9.17, 15) is 9.90 Å². The molecule has 7 nitrogen and oxygen atoms in total. The molecule has 0 bridgehead atoms. The molecule has 0 aliphatic carbocycles. The molecule has 0 aromatic heterocycles. The number of aryl methyl sites for hydroxylation is 1. The van der Waals surface area contributed by atoms with Gasteiger partial charge >= 0.3 is 0 Å². The Morgan fingerprint density at radius 1 is 1.36 bits per heavy atom. The molecule has 3 N–H and O–H groups in total. The lowest BCUT2D eigenvalue weighted by Crippen LogP contribution is -2.48. The van der Waals surface area contributed by atoms with E-state index >= 15 is 0 Å². The number of benzene rings is 1. The van der Waals surface area contributed by atoms with E-state index in [0.717, 1.165) is 38.1 Å². The number of ether oxygens (including phenoxy) is 1. The first-order valence-corrected chi connectivity index (χ1v) is 9.69. The van der Waals surface area contributed by atoms with Crippen LogP contribution in [-0.2, 0) is 16.0 Å².